The monoisotopic (exact) mass is 374 g/mol. The first-order valence-corrected chi connectivity index (χ1v) is 9.52. The van der Waals surface area contributed by atoms with Crippen LogP contribution in [0.1, 0.15) is 76.0 Å². The summed E-state index contributed by atoms with van der Waals surface area (Å²) in [6.07, 6.45) is 0. The van der Waals surface area contributed by atoms with Crippen LogP contribution in [0.25, 0.3) is 10.8 Å². The van der Waals surface area contributed by atoms with Gasteiger partial charge in [0.2, 0.25) is 0 Å². The number of fused-ring (bicyclic) bond motifs is 1. The second kappa shape index (κ2) is 8.98. The van der Waals surface area contributed by atoms with Gasteiger partial charge in [0.25, 0.3) is 0 Å². The van der Waals surface area contributed by atoms with E-state index >= 15 is 0 Å². The van der Waals surface area contributed by atoms with Gasteiger partial charge in [0.15, 0.2) is 0 Å². The van der Waals surface area contributed by atoms with E-state index in [2.05, 4.69) is 0 Å². The van der Waals surface area contributed by atoms with Crippen LogP contribution in [-0.4, -0.2) is 18.4 Å². The van der Waals surface area contributed by atoms with Crippen molar-refractivity contribution in [1.82, 2.24) is 0 Å². The third-order valence-electron chi connectivity index (χ3n) is 4.27. The smallest absolute Gasteiger partial charge is 0.744 e. The molecule has 0 bridgehead atoms. The summed E-state index contributed by atoms with van der Waals surface area (Å²) in [6, 6.07) is 7.82. The molecule has 134 valence electrons. The molecule has 4 nitrogen and oxygen atoms in total. The van der Waals surface area contributed by atoms with Crippen molar-refractivity contribution in [1.29, 1.82) is 0 Å². The Morgan fingerprint density at radius 3 is 1.44 bits per heavy atom. The maximum absolute atomic E-state index is 12.1. The Hall–Kier alpha value is -0.430. The van der Waals surface area contributed by atoms with Gasteiger partial charge in [-0.25, -0.2) is 8.42 Å². The van der Waals surface area contributed by atoms with Crippen LogP contribution in [0.3, 0.4) is 0 Å². The van der Waals surface area contributed by atoms with Crippen LogP contribution in [0.5, 0.6) is 0 Å². The molecule has 0 heterocycles. The van der Waals surface area contributed by atoms with Crippen LogP contribution in [-0.2, 0) is 10.1 Å². The Morgan fingerprint density at radius 1 is 0.760 bits per heavy atom. The Kier molecular flexibility index (Phi) is 8.82. The molecule has 0 radical (unpaired) electrons. The summed E-state index contributed by atoms with van der Waals surface area (Å²) in [6.45, 7) is 11.9. The van der Waals surface area contributed by atoms with Crippen molar-refractivity contribution < 1.29 is 48.0 Å². The molecule has 0 spiro atoms. The summed E-state index contributed by atoms with van der Waals surface area (Å²) in [4.78, 5) is 0.00454. The molecule has 2 N–H and O–H groups in total. The predicted molar refractivity (Wildman–Crippen MR) is 97.8 cm³/mol. The maximum Gasteiger partial charge on any atom is 1.00 e. The molecule has 0 aliphatic heterocycles. The minimum absolute atomic E-state index is 0. The molecule has 6 heteroatoms. The topological polar surface area (TPSA) is 88.7 Å². The van der Waals surface area contributed by atoms with Gasteiger partial charge in [0, 0.05) is 0 Å². The van der Waals surface area contributed by atoms with Crippen LogP contribution in [0.4, 0.5) is 0 Å². The average Bonchev–Trinajstić information content (AvgIpc) is 2.42. The molecule has 0 amide bonds. The largest absolute Gasteiger partial charge is 1.00 e. The van der Waals surface area contributed by atoms with Crippen molar-refractivity contribution in [2.24, 2.45) is 0 Å². The van der Waals surface area contributed by atoms with E-state index in [1.807, 2.05) is 65.8 Å². The van der Waals surface area contributed by atoms with E-state index in [-0.39, 0.29) is 57.7 Å². The molecule has 2 aromatic rings. The third kappa shape index (κ3) is 4.65. The molecule has 0 fully saturated rings. The van der Waals surface area contributed by atoms with Gasteiger partial charge in [-0.2, -0.15) is 0 Å². The SMILES string of the molecule is CC(C)c1c(S(=O)(=O)[O-])c(C(C)C)c2ccccc2c1C(C)C.O.[Na+]. The second-order valence-corrected chi connectivity index (χ2v) is 8.35. The first-order chi connectivity index (χ1) is 10.6. The predicted octanol–water partition coefficient (Wildman–Crippen LogP) is 1.29. The van der Waals surface area contributed by atoms with Gasteiger partial charge in [-0.3, -0.25) is 0 Å². The van der Waals surface area contributed by atoms with E-state index < -0.39 is 10.1 Å². The summed E-state index contributed by atoms with van der Waals surface area (Å²) in [5.74, 6) is 0.0598. The van der Waals surface area contributed by atoms with Crippen molar-refractivity contribution in [2.75, 3.05) is 0 Å². The zero-order valence-electron chi connectivity index (χ0n) is 16.2. The number of benzene rings is 2. The molecule has 0 aliphatic rings. The fraction of sp³-hybridized carbons (Fsp3) is 0.474. The van der Waals surface area contributed by atoms with Crippen molar-refractivity contribution in [3.63, 3.8) is 0 Å². The summed E-state index contributed by atoms with van der Waals surface area (Å²) in [5.41, 5.74) is 2.33. The normalized spacial score (nSPS) is 11.8. The Balaban J connectivity index is 0.00000288. The van der Waals surface area contributed by atoms with Gasteiger partial charge in [-0.1, -0.05) is 65.8 Å². The van der Waals surface area contributed by atoms with Gasteiger partial charge in [0.05, 0.1) is 4.90 Å². The molecular formula is C19H27NaO4S. The summed E-state index contributed by atoms with van der Waals surface area (Å²) < 4.78 is 36.4. The van der Waals surface area contributed by atoms with Gasteiger partial charge in [-0.15, -0.1) is 0 Å². The summed E-state index contributed by atoms with van der Waals surface area (Å²) in [7, 11) is -4.55. The maximum atomic E-state index is 12.1. The fourth-order valence-electron chi connectivity index (χ4n) is 3.53. The minimum Gasteiger partial charge on any atom is -0.744 e. The average molecular weight is 374 g/mol. The van der Waals surface area contributed by atoms with Crippen LogP contribution < -0.4 is 29.6 Å². The molecule has 0 atom stereocenters. The molecule has 0 unspecified atom stereocenters. The molecule has 0 saturated carbocycles. The van der Waals surface area contributed by atoms with E-state index in [0.29, 0.717) is 11.1 Å². The van der Waals surface area contributed by atoms with E-state index in [4.69, 9.17) is 0 Å². The van der Waals surface area contributed by atoms with Crippen LogP contribution in [0, 0.1) is 0 Å². The van der Waals surface area contributed by atoms with E-state index in [1.54, 1.807) is 0 Å². The van der Waals surface area contributed by atoms with E-state index in [1.165, 1.54) is 0 Å². The molecule has 2 aromatic carbocycles. The minimum atomic E-state index is -4.55. The number of hydrogen-bond acceptors (Lipinski definition) is 3. The quantitative estimate of drug-likeness (QED) is 0.597. The molecule has 2 rings (SSSR count). The van der Waals surface area contributed by atoms with Crippen molar-refractivity contribution >= 4 is 20.9 Å². The first-order valence-electron chi connectivity index (χ1n) is 8.11. The van der Waals surface area contributed by atoms with Crippen LogP contribution in [0.2, 0.25) is 0 Å². The second-order valence-electron chi connectivity index (χ2n) is 7.03. The standard InChI is InChI=1S/C19H26O3S.Na.H2O/c1-11(2)16-14-9-7-8-10-15(14)17(12(3)4)19(23(20,21)22)18(16)13(5)6;;/h7-13H,1-6H3,(H,20,21,22);;1H2/q;+1;/p-1. The van der Waals surface area contributed by atoms with Crippen molar-refractivity contribution in [2.45, 2.75) is 64.2 Å². The van der Waals surface area contributed by atoms with Crippen LogP contribution in [0.15, 0.2) is 29.2 Å². The Bertz CT molecular complexity index is 840. The zero-order valence-corrected chi connectivity index (χ0v) is 19.0. The third-order valence-corrected chi connectivity index (χ3v) is 5.21. The van der Waals surface area contributed by atoms with Crippen molar-refractivity contribution in [3.05, 3.63) is 41.0 Å². The molecule has 0 aliphatic carbocycles. The number of rotatable bonds is 4. The Labute approximate surface area is 173 Å². The van der Waals surface area contributed by atoms with E-state index in [9.17, 15) is 13.0 Å². The number of hydrogen-bond donors (Lipinski definition) is 0. The molecule has 25 heavy (non-hydrogen) atoms. The summed E-state index contributed by atoms with van der Waals surface area (Å²) in [5, 5.41) is 1.94. The van der Waals surface area contributed by atoms with Gasteiger partial charge < -0.3 is 10.0 Å². The molecule has 0 saturated heterocycles. The fourth-order valence-corrected chi connectivity index (χ4v) is 4.76. The molecule has 0 aromatic heterocycles. The first kappa shape index (κ1) is 24.6. The van der Waals surface area contributed by atoms with E-state index in [0.717, 1.165) is 16.3 Å². The molecular weight excluding hydrogens is 347 g/mol. The van der Waals surface area contributed by atoms with Gasteiger partial charge in [0.1, 0.15) is 10.1 Å². The van der Waals surface area contributed by atoms with Crippen LogP contribution >= 0.6 is 0 Å². The van der Waals surface area contributed by atoms with Crippen molar-refractivity contribution in [3.8, 4) is 0 Å². The van der Waals surface area contributed by atoms with Gasteiger partial charge in [-0.05, 0) is 45.2 Å². The summed E-state index contributed by atoms with van der Waals surface area (Å²) >= 11 is 0. The van der Waals surface area contributed by atoms with Gasteiger partial charge >= 0.3 is 29.6 Å². The zero-order chi connectivity index (χ0) is 17.5. The Morgan fingerprint density at radius 2 is 1.12 bits per heavy atom.